The van der Waals surface area contributed by atoms with Gasteiger partial charge in [0.05, 0.1) is 18.4 Å². The lowest BCUT2D eigenvalue weighted by atomic mass is 10.1. The molecule has 2 aliphatic rings. The Bertz CT molecular complexity index is 1820. The van der Waals surface area contributed by atoms with E-state index in [1.54, 1.807) is 4.90 Å². The van der Waals surface area contributed by atoms with Crippen molar-refractivity contribution in [3.8, 4) is 11.5 Å². The van der Waals surface area contributed by atoms with Crippen LogP contribution in [0.15, 0.2) is 60.7 Å². The van der Waals surface area contributed by atoms with E-state index in [9.17, 15) is 9.59 Å². The van der Waals surface area contributed by atoms with E-state index in [-0.39, 0.29) is 36.3 Å². The Morgan fingerprint density at radius 3 is 1.86 bits per heavy atom. The molecule has 0 spiro atoms. The molecule has 0 saturated carbocycles. The highest BCUT2D eigenvalue weighted by Gasteiger charge is 2.40. The minimum absolute atomic E-state index is 0.182. The first-order chi connectivity index (χ1) is 23.3. The third-order valence-corrected chi connectivity index (χ3v) is 8.99. The van der Waals surface area contributed by atoms with Gasteiger partial charge in [0.2, 0.25) is 0 Å². The summed E-state index contributed by atoms with van der Waals surface area (Å²) in [6.45, 7) is 15.7. The van der Waals surface area contributed by atoms with E-state index in [1.165, 1.54) is 0 Å². The van der Waals surface area contributed by atoms with Crippen LogP contribution in [0.1, 0.15) is 72.1 Å². The van der Waals surface area contributed by atoms with Gasteiger partial charge in [-0.2, -0.15) is 9.28 Å². The molecule has 266 valence electrons. The number of ether oxygens (including phenoxy) is 4. The molecule has 0 bridgehead atoms. The topological polar surface area (TPSA) is 98.4 Å². The molecule has 2 amide bonds. The first-order valence-electron chi connectivity index (χ1n) is 16.7. The first kappa shape index (κ1) is 37.0. The smallest absolute Gasteiger partial charge is 0.481 e. The van der Waals surface area contributed by atoms with E-state index < -0.39 is 23.4 Å². The average Bonchev–Trinajstić information content (AvgIpc) is 3.00. The van der Waals surface area contributed by atoms with E-state index in [0.717, 1.165) is 22.4 Å². The van der Waals surface area contributed by atoms with E-state index >= 15 is 0 Å². The van der Waals surface area contributed by atoms with Gasteiger partial charge in [-0.3, -0.25) is 4.90 Å². The van der Waals surface area contributed by atoms with Gasteiger partial charge in [0.1, 0.15) is 57.1 Å². The summed E-state index contributed by atoms with van der Waals surface area (Å²) < 4.78 is 23.5. The molecule has 3 aromatic carbocycles. The Morgan fingerprint density at radius 1 is 0.760 bits per heavy atom. The Hall–Kier alpha value is -4.26. The Labute approximate surface area is 305 Å². The molecule has 10 nitrogen and oxygen atoms in total. The van der Waals surface area contributed by atoms with Crippen LogP contribution in [-0.2, 0) is 29.1 Å². The van der Waals surface area contributed by atoms with Crippen LogP contribution < -0.4 is 24.6 Å². The molecule has 3 atom stereocenters. The highest BCUT2D eigenvalue weighted by Crippen LogP contribution is 2.38. The van der Waals surface area contributed by atoms with Crippen molar-refractivity contribution in [2.24, 2.45) is 0 Å². The highest BCUT2D eigenvalue weighted by atomic mass is 32.1. The number of fused-ring (bicyclic) bond motifs is 2. The first-order valence-corrected chi connectivity index (χ1v) is 17.5. The number of thiocarbonyl (C=S) groups is 2. The van der Waals surface area contributed by atoms with Crippen molar-refractivity contribution in [3.05, 3.63) is 77.4 Å². The molecule has 0 aromatic heterocycles. The van der Waals surface area contributed by atoms with Gasteiger partial charge >= 0.3 is 12.2 Å². The minimum atomic E-state index is -0.708. The van der Waals surface area contributed by atoms with Crippen molar-refractivity contribution in [2.75, 3.05) is 17.7 Å². The minimum Gasteiger partial charge on any atom is -0.481 e. The molecule has 2 aliphatic heterocycles. The summed E-state index contributed by atoms with van der Waals surface area (Å²) in [6.07, 6.45) is -1.33. The molecule has 50 heavy (non-hydrogen) atoms. The Morgan fingerprint density at radius 2 is 1.28 bits per heavy atom. The molecule has 0 saturated heterocycles. The number of hydrogen-bond acceptors (Lipinski definition) is 8. The van der Waals surface area contributed by atoms with Crippen LogP contribution in [0.3, 0.4) is 0 Å². The van der Waals surface area contributed by atoms with Gasteiger partial charge in [-0.25, -0.2) is 4.79 Å². The van der Waals surface area contributed by atoms with Crippen molar-refractivity contribution in [2.45, 2.75) is 98.4 Å². The highest BCUT2D eigenvalue weighted by molar-refractivity contribution is 7.81. The van der Waals surface area contributed by atoms with Crippen LogP contribution in [0.25, 0.3) is 0 Å². The van der Waals surface area contributed by atoms with Crippen molar-refractivity contribution in [3.63, 3.8) is 0 Å². The summed E-state index contributed by atoms with van der Waals surface area (Å²) in [4.78, 5) is 30.4. The fourth-order valence-corrected chi connectivity index (χ4v) is 5.94. The summed E-state index contributed by atoms with van der Waals surface area (Å²) >= 11 is 10.9. The molecule has 12 heteroatoms. The molecular formula is C38H47N4O6S2+. The largest absolute Gasteiger partial charge is 0.521 e. The van der Waals surface area contributed by atoms with Gasteiger partial charge < -0.3 is 29.6 Å². The van der Waals surface area contributed by atoms with Gasteiger partial charge in [0.25, 0.3) is 0 Å². The van der Waals surface area contributed by atoms with Gasteiger partial charge in [0.15, 0.2) is 0 Å². The fraction of sp³-hybridized carbons (Fsp3) is 0.421. The number of nitrogens with one attached hydrogen (secondary N) is 2. The van der Waals surface area contributed by atoms with Crippen LogP contribution in [0.2, 0.25) is 0 Å². The molecule has 0 radical (unpaired) electrons. The number of amides is 2. The zero-order valence-corrected chi connectivity index (χ0v) is 31.8. The van der Waals surface area contributed by atoms with E-state index in [2.05, 4.69) is 10.6 Å². The maximum Gasteiger partial charge on any atom is 0.521 e. The lowest BCUT2D eigenvalue weighted by Crippen LogP contribution is -2.52. The van der Waals surface area contributed by atoms with Crippen molar-refractivity contribution < 1.29 is 28.5 Å². The molecule has 2 heterocycles. The number of carbonyl (C=O) groups is 2. The van der Waals surface area contributed by atoms with Gasteiger partial charge in [-0.1, -0.05) is 48.7 Å². The third-order valence-electron chi connectivity index (χ3n) is 8.12. The maximum absolute atomic E-state index is 14.0. The zero-order chi connectivity index (χ0) is 36.6. The van der Waals surface area contributed by atoms with Crippen molar-refractivity contribution >= 4 is 63.7 Å². The predicted molar refractivity (Wildman–Crippen MR) is 205 cm³/mol. The van der Waals surface area contributed by atoms with E-state index in [0.29, 0.717) is 32.9 Å². The fourth-order valence-electron chi connectivity index (χ4n) is 5.63. The van der Waals surface area contributed by atoms with Crippen molar-refractivity contribution in [1.82, 2.24) is 9.38 Å². The number of hydrogen-bond donors (Lipinski definition) is 2. The molecular weight excluding hydrogens is 673 g/mol. The second-order valence-electron chi connectivity index (χ2n) is 15.0. The van der Waals surface area contributed by atoms with Crippen LogP contribution >= 0.6 is 24.4 Å². The molecule has 5 rings (SSSR count). The summed E-state index contributed by atoms with van der Waals surface area (Å²) in [5.74, 6) is 1.37. The zero-order valence-electron chi connectivity index (χ0n) is 30.2. The number of benzene rings is 3. The van der Waals surface area contributed by atoms with Crippen LogP contribution in [0.4, 0.5) is 26.7 Å². The summed E-state index contributed by atoms with van der Waals surface area (Å²) in [5, 5.41) is 6.49. The van der Waals surface area contributed by atoms with Gasteiger partial charge in [-0.15, -0.1) is 0 Å². The molecule has 3 unspecified atom stereocenters. The summed E-state index contributed by atoms with van der Waals surface area (Å²) in [5.41, 5.74) is 3.39. The number of anilines is 2. The van der Waals surface area contributed by atoms with Gasteiger partial charge in [-0.05, 0) is 90.8 Å². The maximum atomic E-state index is 14.0. The molecule has 3 aromatic rings. The van der Waals surface area contributed by atoms with Crippen LogP contribution in [-0.4, -0.2) is 57.5 Å². The lowest BCUT2D eigenvalue weighted by molar-refractivity contribution is 0.0216. The number of nitrogens with zero attached hydrogens (tertiary/aromatic N) is 2. The van der Waals surface area contributed by atoms with Crippen LogP contribution in [0.5, 0.6) is 11.5 Å². The van der Waals surface area contributed by atoms with Crippen LogP contribution in [0, 0.1) is 0 Å². The van der Waals surface area contributed by atoms with Gasteiger partial charge in [0, 0.05) is 30.8 Å². The quantitative estimate of drug-likeness (QED) is 0.182. The van der Waals surface area contributed by atoms with E-state index in [1.807, 2.05) is 123 Å². The lowest BCUT2D eigenvalue weighted by Gasteiger charge is -2.34. The normalized spacial score (nSPS) is 18.2. The number of rotatable bonds is 7. The van der Waals surface area contributed by atoms with Crippen molar-refractivity contribution in [1.29, 1.82) is 0 Å². The summed E-state index contributed by atoms with van der Waals surface area (Å²) in [6, 6.07) is 19.3. The van der Waals surface area contributed by atoms with E-state index in [4.69, 9.17) is 43.4 Å². The number of quaternary nitrogens is 1. The molecule has 0 fully saturated rings. The third kappa shape index (κ3) is 8.90. The second kappa shape index (κ2) is 14.2. The Balaban J connectivity index is 1.44. The Kier molecular flexibility index (Phi) is 10.5. The number of carbonyl (C=O) groups excluding carboxylic acids is 2. The molecule has 0 aliphatic carbocycles. The second-order valence-corrected chi connectivity index (χ2v) is 15.9. The average molecular weight is 720 g/mol. The standard InChI is InChI=1S/C38H46N4O6S2/c1-23-33(49)39-29-18-26(13-15-31(29)45-23)21-41(35(43)47-37(3,4)5)20-25-11-10-12-27(17-25)22-42(9,36(44)48-38(6,7)8)28-14-16-32-30(19-28)40-34(50)24(2)46-32/h10-19,23-24H,20-22H2,1-9H3,(H-,39,40,49,50)/p+1. The summed E-state index contributed by atoms with van der Waals surface area (Å²) in [7, 11) is 1.83. The predicted octanol–water partition coefficient (Wildman–Crippen LogP) is 8.74. The monoisotopic (exact) mass is 719 g/mol. The molecule has 2 N–H and O–H groups in total. The SMILES string of the molecule is CC1Oc2ccc(CN(Cc3cccc(C[N+](C)(C(=O)OC(C)(C)C)c4ccc5c(c4)NC(=S)C(C)O5)c3)C(=O)OC(C)(C)C)cc2NC1=S.